The number of nitrogens with one attached hydrogen (secondary N) is 1. The highest BCUT2D eigenvalue weighted by atomic mass is 19.1. The largest absolute Gasteiger partial charge is 0.313 e. The number of likely N-dealkylation sites (N-methyl/N-ethyl adjacent to an activating group) is 1. The fraction of sp³-hybridized carbons (Fsp3) is 0.400. The van der Waals surface area contributed by atoms with Crippen molar-refractivity contribution >= 4 is 0 Å². The number of benzene rings is 1. The molecule has 0 aliphatic carbocycles. The summed E-state index contributed by atoms with van der Waals surface area (Å²) in [6, 6.07) is 7.22. The van der Waals surface area contributed by atoms with Gasteiger partial charge in [0.25, 0.3) is 0 Å². The van der Waals surface area contributed by atoms with E-state index < -0.39 is 0 Å². The molecule has 1 unspecified atom stereocenters. The zero-order valence-electron chi connectivity index (χ0n) is 11.9. The van der Waals surface area contributed by atoms with Crippen molar-refractivity contribution in [2.45, 2.75) is 26.3 Å². The average Bonchev–Trinajstić information content (AvgIpc) is 2.68. The van der Waals surface area contributed by atoms with Gasteiger partial charge in [0.15, 0.2) is 0 Å². The van der Waals surface area contributed by atoms with Gasteiger partial charge in [0.2, 0.25) is 0 Å². The Morgan fingerprint density at radius 2 is 2.05 bits per heavy atom. The van der Waals surface area contributed by atoms with Gasteiger partial charge in [-0.3, -0.25) is 4.68 Å². The molecule has 19 heavy (non-hydrogen) atoms. The first-order valence-electron chi connectivity index (χ1n) is 6.44. The van der Waals surface area contributed by atoms with E-state index in [9.17, 15) is 4.39 Å². The van der Waals surface area contributed by atoms with E-state index >= 15 is 0 Å². The molecule has 1 atom stereocenters. The van der Waals surface area contributed by atoms with Gasteiger partial charge >= 0.3 is 0 Å². The minimum absolute atomic E-state index is 0.0466. The Labute approximate surface area is 113 Å². The summed E-state index contributed by atoms with van der Waals surface area (Å²) < 4.78 is 15.8. The molecule has 0 amide bonds. The second-order valence-electron chi connectivity index (χ2n) is 4.97. The monoisotopic (exact) mass is 261 g/mol. The Balaban J connectivity index is 2.30. The fourth-order valence-corrected chi connectivity index (χ4v) is 2.36. The molecular weight excluding hydrogens is 241 g/mol. The first kappa shape index (κ1) is 13.7. The molecule has 1 heterocycles. The van der Waals surface area contributed by atoms with Crippen LogP contribution in [-0.4, -0.2) is 16.8 Å². The molecule has 1 aromatic carbocycles. The van der Waals surface area contributed by atoms with Gasteiger partial charge in [-0.15, -0.1) is 0 Å². The summed E-state index contributed by atoms with van der Waals surface area (Å²) in [6.45, 7) is 3.94. The molecule has 0 bridgehead atoms. The third kappa shape index (κ3) is 3.01. The van der Waals surface area contributed by atoms with Crippen LogP contribution in [0.4, 0.5) is 4.39 Å². The fourth-order valence-electron chi connectivity index (χ4n) is 2.36. The van der Waals surface area contributed by atoms with Crippen LogP contribution < -0.4 is 5.32 Å². The molecular formula is C15H20FN3. The highest BCUT2D eigenvalue weighted by Gasteiger charge is 2.16. The lowest BCUT2D eigenvalue weighted by Gasteiger charge is -2.18. The summed E-state index contributed by atoms with van der Waals surface area (Å²) in [5.74, 6) is -0.163. The van der Waals surface area contributed by atoms with Crippen molar-refractivity contribution in [1.29, 1.82) is 0 Å². The lowest BCUT2D eigenvalue weighted by molar-refractivity contribution is 0.519. The first-order valence-corrected chi connectivity index (χ1v) is 6.44. The maximum Gasteiger partial charge on any atom is 0.128 e. The number of rotatable bonds is 4. The van der Waals surface area contributed by atoms with Crippen LogP contribution in [0.15, 0.2) is 24.3 Å². The van der Waals surface area contributed by atoms with Crippen molar-refractivity contribution in [3.05, 3.63) is 52.6 Å². The van der Waals surface area contributed by atoms with Gasteiger partial charge in [0.1, 0.15) is 5.82 Å². The Kier molecular flexibility index (Phi) is 4.00. The summed E-state index contributed by atoms with van der Waals surface area (Å²) in [6.07, 6.45) is 0.716. The number of aromatic nitrogens is 2. The van der Waals surface area contributed by atoms with Crippen molar-refractivity contribution in [2.75, 3.05) is 7.05 Å². The number of halogens is 1. The number of nitrogens with zero attached hydrogens (tertiary/aromatic N) is 2. The van der Waals surface area contributed by atoms with Gasteiger partial charge in [-0.05, 0) is 33.0 Å². The number of hydrogen-bond acceptors (Lipinski definition) is 2. The third-order valence-corrected chi connectivity index (χ3v) is 3.39. The molecule has 0 fully saturated rings. The maximum absolute atomic E-state index is 14.0. The second-order valence-corrected chi connectivity index (χ2v) is 4.97. The Morgan fingerprint density at radius 1 is 1.32 bits per heavy atom. The third-order valence-electron chi connectivity index (χ3n) is 3.39. The van der Waals surface area contributed by atoms with Crippen LogP contribution in [-0.2, 0) is 13.5 Å². The Morgan fingerprint density at radius 3 is 2.63 bits per heavy atom. The van der Waals surface area contributed by atoms with E-state index in [1.54, 1.807) is 6.07 Å². The van der Waals surface area contributed by atoms with Crippen molar-refractivity contribution in [1.82, 2.24) is 15.1 Å². The van der Waals surface area contributed by atoms with Crippen molar-refractivity contribution in [3.8, 4) is 0 Å². The van der Waals surface area contributed by atoms with Crippen LogP contribution in [0, 0.1) is 19.7 Å². The van der Waals surface area contributed by atoms with Crippen molar-refractivity contribution in [2.24, 2.45) is 7.05 Å². The predicted molar refractivity (Wildman–Crippen MR) is 74.6 cm³/mol. The molecule has 102 valence electrons. The zero-order valence-corrected chi connectivity index (χ0v) is 11.9. The summed E-state index contributed by atoms with van der Waals surface area (Å²) in [7, 11) is 3.78. The van der Waals surface area contributed by atoms with Gasteiger partial charge in [-0.2, -0.15) is 5.10 Å². The summed E-state index contributed by atoms with van der Waals surface area (Å²) in [4.78, 5) is 0. The highest BCUT2D eigenvalue weighted by molar-refractivity contribution is 5.28. The standard InChI is InChI=1S/C15H20FN3/c1-10-5-6-14(16)13(7-10)15(17-3)9-12-8-11(2)18-19(12)4/h5-8,15,17H,9H2,1-4H3. The molecule has 0 saturated heterocycles. The van der Waals surface area contributed by atoms with Crippen LogP contribution in [0.3, 0.4) is 0 Å². The van der Waals surface area contributed by atoms with E-state index in [0.29, 0.717) is 12.0 Å². The maximum atomic E-state index is 14.0. The van der Waals surface area contributed by atoms with E-state index in [-0.39, 0.29) is 11.9 Å². The van der Waals surface area contributed by atoms with E-state index in [2.05, 4.69) is 10.4 Å². The van der Waals surface area contributed by atoms with Gasteiger partial charge in [-0.25, -0.2) is 4.39 Å². The SMILES string of the molecule is CNC(Cc1cc(C)nn1C)c1cc(C)ccc1F. The van der Waals surface area contributed by atoms with Gasteiger partial charge in [-0.1, -0.05) is 17.7 Å². The molecule has 4 heteroatoms. The smallest absolute Gasteiger partial charge is 0.128 e. The summed E-state index contributed by atoms with van der Waals surface area (Å²) in [5.41, 5.74) is 3.86. The van der Waals surface area contributed by atoms with Crippen LogP contribution in [0.25, 0.3) is 0 Å². The minimum Gasteiger partial charge on any atom is -0.313 e. The predicted octanol–water partition coefficient (Wildman–Crippen LogP) is 2.68. The van der Waals surface area contributed by atoms with E-state index in [0.717, 1.165) is 17.0 Å². The molecule has 0 radical (unpaired) electrons. The van der Waals surface area contributed by atoms with Crippen molar-refractivity contribution < 1.29 is 4.39 Å². The summed E-state index contributed by atoms with van der Waals surface area (Å²) in [5, 5.41) is 7.52. The molecule has 0 saturated carbocycles. The van der Waals surface area contributed by atoms with Crippen molar-refractivity contribution in [3.63, 3.8) is 0 Å². The molecule has 2 rings (SSSR count). The van der Waals surface area contributed by atoms with Crippen LogP contribution in [0.2, 0.25) is 0 Å². The van der Waals surface area contributed by atoms with E-state index in [4.69, 9.17) is 0 Å². The van der Waals surface area contributed by atoms with E-state index in [1.807, 2.05) is 44.8 Å². The van der Waals surface area contributed by atoms with E-state index in [1.165, 1.54) is 6.07 Å². The van der Waals surface area contributed by atoms with Crippen LogP contribution >= 0.6 is 0 Å². The first-order chi connectivity index (χ1) is 9.01. The molecule has 1 aromatic heterocycles. The minimum atomic E-state index is -0.163. The number of hydrogen-bond donors (Lipinski definition) is 1. The van der Waals surface area contributed by atoms with Gasteiger partial charge < -0.3 is 5.32 Å². The lowest BCUT2D eigenvalue weighted by atomic mass is 9.99. The van der Waals surface area contributed by atoms with Gasteiger partial charge in [0, 0.05) is 30.8 Å². The average molecular weight is 261 g/mol. The molecule has 0 aliphatic heterocycles. The second kappa shape index (κ2) is 5.53. The van der Waals surface area contributed by atoms with Crippen LogP contribution in [0.5, 0.6) is 0 Å². The summed E-state index contributed by atoms with van der Waals surface area (Å²) >= 11 is 0. The molecule has 1 N–H and O–H groups in total. The number of aryl methyl sites for hydroxylation is 3. The normalized spacial score (nSPS) is 12.7. The Bertz CT molecular complexity index is 575. The Hall–Kier alpha value is -1.68. The lowest BCUT2D eigenvalue weighted by Crippen LogP contribution is -2.21. The van der Waals surface area contributed by atoms with Gasteiger partial charge in [0.05, 0.1) is 5.69 Å². The molecule has 3 nitrogen and oxygen atoms in total. The van der Waals surface area contributed by atoms with Crippen LogP contribution in [0.1, 0.15) is 28.6 Å². The molecule has 0 spiro atoms. The molecule has 0 aliphatic rings. The quantitative estimate of drug-likeness (QED) is 0.917. The highest BCUT2D eigenvalue weighted by Crippen LogP contribution is 2.22. The topological polar surface area (TPSA) is 29.9 Å². The molecule has 2 aromatic rings. The zero-order chi connectivity index (χ0) is 14.0.